The third-order valence-corrected chi connectivity index (χ3v) is 7.58. The average molecular weight is 625 g/mol. The van der Waals surface area contributed by atoms with Crippen LogP contribution in [-0.4, -0.2) is 121 Å². The zero-order chi connectivity index (χ0) is 32.0. The Bertz CT molecular complexity index is 1560. The molecule has 9 N–H and O–H groups in total. The van der Waals surface area contributed by atoms with Crippen LogP contribution in [0.15, 0.2) is 39.5 Å². The van der Waals surface area contributed by atoms with Crippen molar-refractivity contribution < 1.29 is 74.1 Å². The molecule has 0 radical (unpaired) electrons. The van der Waals surface area contributed by atoms with Crippen LogP contribution in [0.25, 0.3) is 22.3 Å². The maximum atomic E-state index is 12.9. The summed E-state index contributed by atoms with van der Waals surface area (Å²) in [4.78, 5) is 12.9. The van der Waals surface area contributed by atoms with Crippen molar-refractivity contribution in [2.75, 3.05) is 13.7 Å². The van der Waals surface area contributed by atoms with E-state index in [9.17, 15) is 50.8 Å². The van der Waals surface area contributed by atoms with Crippen molar-refractivity contribution in [1.29, 1.82) is 0 Å². The second-order valence-electron chi connectivity index (χ2n) is 10.4. The highest BCUT2D eigenvalue weighted by molar-refractivity contribution is 5.83. The first-order valence-electron chi connectivity index (χ1n) is 13.4. The van der Waals surface area contributed by atoms with Crippen LogP contribution in [0.3, 0.4) is 0 Å². The minimum Gasteiger partial charge on any atom is -0.504 e. The topological polar surface area (TPSA) is 258 Å². The van der Waals surface area contributed by atoms with Crippen molar-refractivity contribution in [2.45, 2.75) is 68.3 Å². The largest absolute Gasteiger partial charge is 0.504 e. The van der Waals surface area contributed by atoms with Crippen LogP contribution in [0.4, 0.5) is 0 Å². The van der Waals surface area contributed by atoms with Gasteiger partial charge in [0.15, 0.2) is 40.8 Å². The Balaban J connectivity index is 1.50. The molecule has 0 bridgehead atoms. The highest BCUT2D eigenvalue weighted by Gasteiger charge is 2.51. The fraction of sp³-hybridized carbons (Fsp3) is 0.464. The number of aliphatic hydroxyl groups excluding tert-OH is 6. The number of aliphatic hydroxyl groups is 6. The molecular formula is C28H32O16. The minimum absolute atomic E-state index is 0.0287. The lowest BCUT2D eigenvalue weighted by Gasteiger charge is -2.45. The Morgan fingerprint density at radius 3 is 2.23 bits per heavy atom. The Labute approximate surface area is 248 Å². The van der Waals surface area contributed by atoms with Gasteiger partial charge in [-0.1, -0.05) is 0 Å². The van der Waals surface area contributed by atoms with Crippen LogP contribution in [0.5, 0.6) is 28.7 Å². The number of hydrogen-bond acceptors (Lipinski definition) is 16. The summed E-state index contributed by atoms with van der Waals surface area (Å²) in [6, 6.07) is 5.82. The first-order chi connectivity index (χ1) is 20.9. The maximum Gasteiger partial charge on any atom is 0.229 e. The summed E-state index contributed by atoms with van der Waals surface area (Å²) in [5.74, 6) is -2.38. The molecule has 16 nitrogen and oxygen atoms in total. The molecule has 16 heteroatoms. The van der Waals surface area contributed by atoms with E-state index in [0.29, 0.717) is 0 Å². The summed E-state index contributed by atoms with van der Waals surface area (Å²) in [7, 11) is 1.28. The second kappa shape index (κ2) is 12.4. The van der Waals surface area contributed by atoms with E-state index in [1.807, 2.05) is 0 Å². The Morgan fingerprint density at radius 2 is 1.55 bits per heavy atom. The summed E-state index contributed by atoms with van der Waals surface area (Å²) in [5.41, 5.74) is -0.845. The van der Waals surface area contributed by atoms with Gasteiger partial charge < -0.3 is 74.1 Å². The van der Waals surface area contributed by atoms with E-state index >= 15 is 0 Å². The molecule has 2 aromatic carbocycles. The van der Waals surface area contributed by atoms with Gasteiger partial charge in [0.05, 0.1) is 30.8 Å². The lowest BCUT2D eigenvalue weighted by Crippen LogP contribution is -2.64. The predicted octanol–water partition coefficient (Wildman–Crippen LogP) is -1.38. The first kappa shape index (κ1) is 31.7. The SMILES string of the molecule is COc1ccc(-c2cc(=O)c3cc(O)c(O[C@@H]4O[C@H](CO)[C@@H](O)[C@H](O)[C@H]4O[C@@H]4O[C@@H](C)[C@H](O)[C@@H](O)[C@H]4O)cc3o2)c(O)c1O. The molecule has 2 saturated heterocycles. The molecule has 240 valence electrons. The van der Waals surface area contributed by atoms with Gasteiger partial charge >= 0.3 is 0 Å². The standard InChI is InChI=1S/C28H32O16/c1-9-19(32)23(36)25(38)27(40-9)44-26-24(37)22(35)18(8-29)43-28(26)42-17-7-16-11(5-13(17)31)12(30)6-15(41-16)10-3-4-14(39-2)21(34)20(10)33/h3-7,9,18-19,22-29,31-38H,8H2,1-2H3/t9-,18+,19-,22+,23+,24-,25+,26+,27-,28+/m0/s1. The molecule has 2 fully saturated rings. The quantitative estimate of drug-likeness (QED) is 0.137. The molecule has 3 aromatic rings. The van der Waals surface area contributed by atoms with Gasteiger partial charge in [-0.3, -0.25) is 4.79 Å². The molecule has 0 saturated carbocycles. The molecule has 2 aliphatic rings. The van der Waals surface area contributed by atoms with Crippen LogP contribution in [0.1, 0.15) is 6.92 Å². The van der Waals surface area contributed by atoms with E-state index in [-0.39, 0.29) is 33.8 Å². The molecule has 0 aliphatic carbocycles. The van der Waals surface area contributed by atoms with Gasteiger partial charge in [-0.15, -0.1) is 0 Å². The van der Waals surface area contributed by atoms with Crippen molar-refractivity contribution in [1.82, 2.24) is 0 Å². The van der Waals surface area contributed by atoms with Crippen molar-refractivity contribution in [3.05, 3.63) is 40.6 Å². The Hall–Kier alpha value is -3.71. The van der Waals surface area contributed by atoms with Crippen molar-refractivity contribution in [3.63, 3.8) is 0 Å². The predicted molar refractivity (Wildman–Crippen MR) is 145 cm³/mol. The van der Waals surface area contributed by atoms with Crippen molar-refractivity contribution in [3.8, 4) is 40.1 Å². The first-order valence-corrected chi connectivity index (χ1v) is 13.4. The molecule has 1 aromatic heterocycles. The number of fused-ring (bicyclic) bond motifs is 1. The van der Waals surface area contributed by atoms with Gasteiger partial charge in [0.25, 0.3) is 0 Å². The molecule has 10 atom stereocenters. The monoisotopic (exact) mass is 624 g/mol. The summed E-state index contributed by atoms with van der Waals surface area (Å²) in [6.07, 6.45) is -15.9. The summed E-state index contributed by atoms with van der Waals surface area (Å²) in [5, 5.41) is 92.8. The van der Waals surface area contributed by atoms with Crippen LogP contribution >= 0.6 is 0 Å². The maximum absolute atomic E-state index is 12.9. The van der Waals surface area contributed by atoms with Crippen molar-refractivity contribution >= 4 is 11.0 Å². The van der Waals surface area contributed by atoms with Gasteiger partial charge in [-0.2, -0.15) is 0 Å². The smallest absolute Gasteiger partial charge is 0.229 e. The third kappa shape index (κ3) is 5.63. The summed E-state index contributed by atoms with van der Waals surface area (Å²) < 4.78 is 33.2. The molecule has 0 unspecified atom stereocenters. The summed E-state index contributed by atoms with van der Waals surface area (Å²) >= 11 is 0. The molecule has 3 heterocycles. The fourth-order valence-electron chi connectivity index (χ4n) is 5.03. The lowest BCUT2D eigenvalue weighted by molar-refractivity contribution is -0.354. The van der Waals surface area contributed by atoms with Crippen LogP contribution in [-0.2, 0) is 14.2 Å². The Morgan fingerprint density at radius 1 is 0.818 bits per heavy atom. The number of rotatable bonds is 7. The highest BCUT2D eigenvalue weighted by atomic mass is 16.8. The molecular weight excluding hydrogens is 592 g/mol. The molecule has 2 aliphatic heterocycles. The zero-order valence-corrected chi connectivity index (χ0v) is 23.3. The number of benzene rings is 2. The van der Waals surface area contributed by atoms with Gasteiger partial charge in [0.1, 0.15) is 48.0 Å². The fourth-order valence-corrected chi connectivity index (χ4v) is 5.03. The highest BCUT2D eigenvalue weighted by Crippen LogP contribution is 2.43. The van der Waals surface area contributed by atoms with E-state index < -0.39 is 90.7 Å². The van der Waals surface area contributed by atoms with Gasteiger partial charge in [-0.05, 0) is 25.1 Å². The number of aromatic hydroxyl groups is 3. The number of methoxy groups -OCH3 is 1. The molecule has 0 amide bonds. The normalized spacial score (nSPS) is 32.5. The molecule has 5 rings (SSSR count). The lowest BCUT2D eigenvalue weighted by atomic mass is 9.97. The van der Waals surface area contributed by atoms with E-state index in [0.717, 1.165) is 18.2 Å². The Kier molecular flexibility index (Phi) is 8.90. The van der Waals surface area contributed by atoms with Crippen molar-refractivity contribution in [2.24, 2.45) is 0 Å². The second-order valence-corrected chi connectivity index (χ2v) is 10.4. The number of ether oxygens (including phenoxy) is 5. The van der Waals surface area contributed by atoms with E-state index in [4.69, 9.17) is 28.1 Å². The third-order valence-electron chi connectivity index (χ3n) is 7.58. The van der Waals surface area contributed by atoms with E-state index in [2.05, 4.69) is 0 Å². The van der Waals surface area contributed by atoms with Crippen LogP contribution < -0.4 is 14.9 Å². The van der Waals surface area contributed by atoms with E-state index in [1.54, 1.807) is 0 Å². The van der Waals surface area contributed by atoms with Gasteiger partial charge in [0, 0.05) is 12.1 Å². The molecule has 44 heavy (non-hydrogen) atoms. The molecule has 0 spiro atoms. The zero-order valence-electron chi connectivity index (χ0n) is 23.3. The number of hydrogen-bond donors (Lipinski definition) is 9. The van der Waals surface area contributed by atoms with Gasteiger partial charge in [-0.25, -0.2) is 0 Å². The average Bonchev–Trinajstić information content (AvgIpc) is 3.00. The van der Waals surface area contributed by atoms with Crippen LogP contribution in [0.2, 0.25) is 0 Å². The van der Waals surface area contributed by atoms with E-state index in [1.165, 1.54) is 26.2 Å². The summed E-state index contributed by atoms with van der Waals surface area (Å²) in [6.45, 7) is 0.631. The van der Waals surface area contributed by atoms with Crippen LogP contribution in [0, 0.1) is 0 Å². The minimum atomic E-state index is -1.82. The number of phenolic OH excluding ortho intramolecular Hbond substituents is 3. The number of phenols is 3. The van der Waals surface area contributed by atoms with Gasteiger partial charge in [0.2, 0.25) is 12.0 Å².